The molecule has 2 rings (SSSR count). The van der Waals surface area contributed by atoms with Crippen LogP contribution in [0, 0.1) is 12.8 Å². The molecular formula is C21H32N4O3. The Labute approximate surface area is 167 Å². The van der Waals surface area contributed by atoms with Gasteiger partial charge in [0.25, 0.3) is 5.91 Å². The van der Waals surface area contributed by atoms with Crippen molar-refractivity contribution in [1.29, 1.82) is 0 Å². The van der Waals surface area contributed by atoms with E-state index in [9.17, 15) is 14.4 Å². The molecule has 1 saturated heterocycles. The van der Waals surface area contributed by atoms with Gasteiger partial charge in [-0.05, 0) is 58.2 Å². The molecule has 154 valence electrons. The number of piperidine rings is 1. The Morgan fingerprint density at radius 1 is 1.11 bits per heavy atom. The molecule has 7 nitrogen and oxygen atoms in total. The number of nitrogens with one attached hydrogen (secondary N) is 2. The minimum atomic E-state index is -0.152. The number of anilines is 1. The summed E-state index contributed by atoms with van der Waals surface area (Å²) in [5, 5.41) is 5.74. The van der Waals surface area contributed by atoms with Crippen LogP contribution >= 0.6 is 0 Å². The van der Waals surface area contributed by atoms with E-state index in [1.54, 1.807) is 17.0 Å². The zero-order valence-electron chi connectivity index (χ0n) is 17.4. The fraction of sp³-hybridized carbons (Fsp3) is 0.571. The van der Waals surface area contributed by atoms with Crippen LogP contribution in [0.25, 0.3) is 0 Å². The number of rotatable bonds is 6. The van der Waals surface area contributed by atoms with E-state index in [-0.39, 0.29) is 23.8 Å². The van der Waals surface area contributed by atoms with Gasteiger partial charge in [0.2, 0.25) is 5.91 Å². The predicted molar refractivity (Wildman–Crippen MR) is 110 cm³/mol. The van der Waals surface area contributed by atoms with Gasteiger partial charge in [0.05, 0.1) is 0 Å². The summed E-state index contributed by atoms with van der Waals surface area (Å²) in [6.45, 7) is 10.8. The van der Waals surface area contributed by atoms with Gasteiger partial charge in [-0.2, -0.15) is 0 Å². The Bertz CT molecular complexity index is 708. The van der Waals surface area contributed by atoms with Crippen molar-refractivity contribution in [2.75, 3.05) is 38.0 Å². The number of benzene rings is 1. The Balaban J connectivity index is 1.97. The van der Waals surface area contributed by atoms with Gasteiger partial charge >= 0.3 is 6.03 Å². The highest BCUT2D eigenvalue weighted by Gasteiger charge is 2.29. The highest BCUT2D eigenvalue weighted by Crippen LogP contribution is 2.23. The van der Waals surface area contributed by atoms with Crippen LogP contribution in [-0.4, -0.2) is 60.4 Å². The van der Waals surface area contributed by atoms with Gasteiger partial charge in [0.1, 0.15) is 0 Å². The molecule has 0 aromatic heterocycles. The molecule has 0 bridgehead atoms. The van der Waals surface area contributed by atoms with Gasteiger partial charge in [-0.25, -0.2) is 4.79 Å². The summed E-state index contributed by atoms with van der Waals surface area (Å²) in [4.78, 5) is 40.8. The van der Waals surface area contributed by atoms with Crippen molar-refractivity contribution in [3.8, 4) is 0 Å². The molecule has 0 radical (unpaired) electrons. The number of hydrogen-bond acceptors (Lipinski definition) is 3. The molecule has 7 heteroatoms. The van der Waals surface area contributed by atoms with E-state index in [2.05, 4.69) is 10.6 Å². The first kappa shape index (κ1) is 21.7. The number of hydrogen-bond donors (Lipinski definition) is 2. The molecule has 0 aliphatic carbocycles. The van der Waals surface area contributed by atoms with Crippen LogP contribution in [-0.2, 0) is 4.79 Å². The van der Waals surface area contributed by atoms with Gasteiger partial charge < -0.3 is 20.4 Å². The molecule has 2 N–H and O–H groups in total. The molecule has 1 aliphatic heterocycles. The summed E-state index contributed by atoms with van der Waals surface area (Å²) in [7, 11) is 0. The molecule has 1 heterocycles. The molecule has 4 amide bonds. The summed E-state index contributed by atoms with van der Waals surface area (Å²) in [5.41, 5.74) is 2.10. The number of urea groups is 1. The van der Waals surface area contributed by atoms with Gasteiger partial charge in [0.15, 0.2) is 0 Å². The second-order valence-electron chi connectivity index (χ2n) is 7.09. The monoisotopic (exact) mass is 388 g/mol. The maximum atomic E-state index is 12.7. The summed E-state index contributed by atoms with van der Waals surface area (Å²) >= 11 is 0. The maximum absolute atomic E-state index is 12.7. The van der Waals surface area contributed by atoms with Crippen molar-refractivity contribution in [3.63, 3.8) is 0 Å². The van der Waals surface area contributed by atoms with Crippen molar-refractivity contribution in [3.05, 3.63) is 29.3 Å². The largest absolute Gasteiger partial charge is 0.352 e. The zero-order valence-corrected chi connectivity index (χ0v) is 17.4. The molecule has 0 atom stereocenters. The number of nitrogens with zero attached hydrogens (tertiary/aromatic N) is 2. The highest BCUT2D eigenvalue weighted by atomic mass is 16.2. The number of amides is 4. The molecule has 1 aromatic carbocycles. The molecule has 0 spiro atoms. The van der Waals surface area contributed by atoms with Crippen molar-refractivity contribution >= 4 is 23.5 Å². The summed E-state index contributed by atoms with van der Waals surface area (Å²) in [6, 6.07) is 5.37. The fourth-order valence-electron chi connectivity index (χ4n) is 3.42. The van der Waals surface area contributed by atoms with E-state index in [1.165, 1.54) is 0 Å². The second kappa shape index (κ2) is 10.1. The number of likely N-dealkylation sites (tertiary alicyclic amines) is 1. The molecule has 1 fully saturated rings. The lowest BCUT2D eigenvalue weighted by Gasteiger charge is -2.34. The lowest BCUT2D eigenvalue weighted by Crippen LogP contribution is -2.47. The van der Waals surface area contributed by atoms with Gasteiger partial charge in [-0.15, -0.1) is 0 Å². The first-order valence-electron chi connectivity index (χ1n) is 10.1. The van der Waals surface area contributed by atoms with Crippen LogP contribution in [0.15, 0.2) is 18.2 Å². The third-order valence-electron chi connectivity index (χ3n) is 5.27. The van der Waals surface area contributed by atoms with Crippen LogP contribution < -0.4 is 10.6 Å². The van der Waals surface area contributed by atoms with Crippen molar-refractivity contribution < 1.29 is 14.4 Å². The SMILES string of the molecule is CCNC(=O)c1ccc(C)c(NC(=O)C2CCN(C(=O)N(CC)CC)CC2)c1. The Morgan fingerprint density at radius 2 is 1.75 bits per heavy atom. The molecular weight excluding hydrogens is 356 g/mol. The smallest absolute Gasteiger partial charge is 0.319 e. The lowest BCUT2D eigenvalue weighted by atomic mass is 9.95. The number of aryl methyl sites for hydroxylation is 1. The second-order valence-corrected chi connectivity index (χ2v) is 7.09. The van der Waals surface area contributed by atoms with E-state index in [1.807, 2.05) is 38.7 Å². The molecule has 0 saturated carbocycles. The Morgan fingerprint density at radius 3 is 2.32 bits per heavy atom. The fourth-order valence-corrected chi connectivity index (χ4v) is 3.42. The lowest BCUT2D eigenvalue weighted by molar-refractivity contribution is -0.121. The zero-order chi connectivity index (χ0) is 20.7. The molecule has 1 aliphatic rings. The Kier molecular flexibility index (Phi) is 7.84. The minimum absolute atomic E-state index is 0.0499. The molecule has 0 unspecified atom stereocenters. The van der Waals surface area contributed by atoms with Crippen molar-refractivity contribution in [2.24, 2.45) is 5.92 Å². The summed E-state index contributed by atoms with van der Waals surface area (Å²) in [6.07, 6.45) is 1.29. The maximum Gasteiger partial charge on any atom is 0.319 e. The summed E-state index contributed by atoms with van der Waals surface area (Å²) in [5.74, 6) is -0.333. The topological polar surface area (TPSA) is 81.8 Å². The van der Waals surface area contributed by atoms with Crippen LogP contribution in [0.3, 0.4) is 0 Å². The van der Waals surface area contributed by atoms with E-state index in [0.29, 0.717) is 56.8 Å². The van der Waals surface area contributed by atoms with Crippen molar-refractivity contribution in [1.82, 2.24) is 15.1 Å². The van der Waals surface area contributed by atoms with E-state index in [0.717, 1.165) is 5.56 Å². The van der Waals surface area contributed by atoms with Crippen LogP contribution in [0.5, 0.6) is 0 Å². The average molecular weight is 389 g/mol. The minimum Gasteiger partial charge on any atom is -0.352 e. The van der Waals surface area contributed by atoms with Crippen LogP contribution in [0.4, 0.5) is 10.5 Å². The highest BCUT2D eigenvalue weighted by molar-refractivity contribution is 5.98. The van der Waals surface area contributed by atoms with Crippen LogP contribution in [0.2, 0.25) is 0 Å². The van der Waals surface area contributed by atoms with Crippen LogP contribution in [0.1, 0.15) is 49.5 Å². The van der Waals surface area contributed by atoms with Crippen molar-refractivity contribution in [2.45, 2.75) is 40.5 Å². The quantitative estimate of drug-likeness (QED) is 0.786. The van der Waals surface area contributed by atoms with Gasteiger partial charge in [-0.3, -0.25) is 9.59 Å². The summed E-state index contributed by atoms with van der Waals surface area (Å²) < 4.78 is 0. The standard InChI is InChI=1S/C21H32N4O3/c1-5-22-19(26)17-9-8-15(4)18(14-17)23-20(27)16-10-12-25(13-11-16)21(28)24(6-2)7-3/h8-9,14,16H,5-7,10-13H2,1-4H3,(H,22,26)(H,23,27). The normalized spacial score (nSPS) is 14.5. The van der Waals surface area contributed by atoms with E-state index < -0.39 is 0 Å². The van der Waals surface area contributed by atoms with E-state index in [4.69, 9.17) is 0 Å². The first-order chi connectivity index (χ1) is 13.4. The van der Waals surface area contributed by atoms with Gasteiger partial charge in [-0.1, -0.05) is 6.07 Å². The average Bonchev–Trinajstić information content (AvgIpc) is 2.70. The third-order valence-corrected chi connectivity index (χ3v) is 5.27. The third kappa shape index (κ3) is 5.24. The predicted octanol–water partition coefficient (Wildman–Crippen LogP) is 2.86. The van der Waals surface area contributed by atoms with Gasteiger partial charge in [0, 0.05) is 49.9 Å². The number of carbonyl (C=O) groups excluding carboxylic acids is 3. The number of carbonyl (C=O) groups is 3. The molecule has 28 heavy (non-hydrogen) atoms. The first-order valence-corrected chi connectivity index (χ1v) is 10.1. The Hall–Kier alpha value is -2.57. The molecule has 1 aromatic rings. The van der Waals surface area contributed by atoms with E-state index >= 15 is 0 Å².